The van der Waals surface area contributed by atoms with Crippen LogP contribution < -0.4 is 0 Å². The van der Waals surface area contributed by atoms with Crippen LogP contribution in [0.25, 0.3) is 5.69 Å². The molecule has 0 amide bonds. The highest BCUT2D eigenvalue weighted by Crippen LogP contribution is 2.22. The third-order valence-electron chi connectivity index (χ3n) is 2.10. The first-order valence-electron chi connectivity index (χ1n) is 4.55. The van der Waals surface area contributed by atoms with Gasteiger partial charge in [0.05, 0.1) is 10.6 Å². The van der Waals surface area contributed by atoms with Gasteiger partial charge < -0.3 is 0 Å². The molecule has 0 atom stereocenters. The van der Waals surface area contributed by atoms with E-state index in [1.807, 2.05) is 0 Å². The van der Waals surface area contributed by atoms with Gasteiger partial charge in [-0.25, -0.2) is 0 Å². The Hall–Kier alpha value is -1.61. The van der Waals surface area contributed by atoms with Crippen molar-refractivity contribution in [2.45, 2.75) is 0 Å². The van der Waals surface area contributed by atoms with Gasteiger partial charge in [-0.1, -0.05) is 0 Å². The summed E-state index contributed by atoms with van der Waals surface area (Å²) in [6, 6.07) is 3.88. The number of aldehydes is 1. The fourth-order valence-electron chi connectivity index (χ4n) is 1.31. The van der Waals surface area contributed by atoms with Gasteiger partial charge in [-0.15, -0.1) is 15.0 Å². The minimum absolute atomic E-state index is 0.138. The Bertz CT molecular complexity index is 621. The molecule has 2 aromatic rings. The van der Waals surface area contributed by atoms with E-state index in [0.717, 1.165) is 0 Å². The first-order valence-corrected chi connectivity index (χ1v) is 6.14. The van der Waals surface area contributed by atoms with Crippen molar-refractivity contribution in [1.82, 2.24) is 15.0 Å². The van der Waals surface area contributed by atoms with Gasteiger partial charge in [0.15, 0.2) is 15.5 Å². The minimum Gasteiger partial charge on any atom is -0.298 e. The summed E-state index contributed by atoms with van der Waals surface area (Å²) in [7, 11) is 0. The van der Waals surface area contributed by atoms with Gasteiger partial charge in [-0.2, -0.15) is 0 Å². The molecule has 2 rings (SSSR count). The number of carbonyl (C=O) groups is 1. The van der Waals surface area contributed by atoms with Crippen LogP contribution in [0.5, 0.6) is 0 Å². The molecule has 0 saturated heterocycles. The van der Waals surface area contributed by atoms with E-state index in [2.05, 4.69) is 42.1 Å². The van der Waals surface area contributed by atoms with E-state index in [-0.39, 0.29) is 11.3 Å². The fourth-order valence-corrected chi connectivity index (χ4v) is 1.77. The third kappa shape index (κ3) is 2.31. The Morgan fingerprint density at radius 2 is 1.89 bits per heavy atom. The largest absolute Gasteiger partial charge is 0.298 e. The molecule has 1 aromatic heterocycles. The first-order chi connectivity index (χ1) is 8.52. The van der Waals surface area contributed by atoms with Crippen molar-refractivity contribution in [1.29, 1.82) is 0 Å². The molecule has 0 radical (unpaired) electrons. The zero-order valence-corrected chi connectivity index (χ0v) is 11.8. The lowest BCUT2D eigenvalue weighted by atomic mass is 10.2. The number of nitro groups is 1. The predicted molar refractivity (Wildman–Crippen MR) is 68.8 cm³/mol. The molecule has 0 aliphatic carbocycles. The number of nitro benzene ring substituents is 1. The molecule has 9 heteroatoms. The lowest BCUT2D eigenvalue weighted by Crippen LogP contribution is -2.03. The number of aromatic nitrogens is 3. The topological polar surface area (TPSA) is 90.9 Å². The van der Waals surface area contributed by atoms with Crippen molar-refractivity contribution >= 4 is 43.8 Å². The SMILES string of the molecule is O=Cc1cc([N+](=O)[O-])ccc1-n1nc(Br)c(Br)n1. The number of benzene rings is 1. The zero-order valence-electron chi connectivity index (χ0n) is 8.58. The highest BCUT2D eigenvalue weighted by atomic mass is 79.9. The van der Waals surface area contributed by atoms with Crippen LogP contribution >= 0.6 is 31.9 Å². The second kappa shape index (κ2) is 4.94. The minimum atomic E-state index is -0.570. The summed E-state index contributed by atoms with van der Waals surface area (Å²) in [5.41, 5.74) is 0.340. The van der Waals surface area contributed by atoms with Gasteiger partial charge in [0.2, 0.25) is 0 Å². The van der Waals surface area contributed by atoms with E-state index in [9.17, 15) is 14.9 Å². The van der Waals surface area contributed by atoms with Gasteiger partial charge in [-0.3, -0.25) is 14.9 Å². The van der Waals surface area contributed by atoms with Crippen molar-refractivity contribution in [3.8, 4) is 5.69 Å². The van der Waals surface area contributed by atoms with Crippen molar-refractivity contribution in [2.75, 3.05) is 0 Å². The second-order valence-corrected chi connectivity index (χ2v) is 4.69. The normalized spacial score (nSPS) is 10.3. The molecule has 1 heterocycles. The standard InChI is InChI=1S/C9H4Br2N4O3/c10-8-9(11)13-14(12-8)7-2-1-6(15(17)18)3-5(7)4-16/h1-4H. The Morgan fingerprint density at radius 1 is 1.28 bits per heavy atom. The van der Waals surface area contributed by atoms with Crippen LogP contribution in [0.2, 0.25) is 0 Å². The second-order valence-electron chi connectivity index (χ2n) is 3.19. The van der Waals surface area contributed by atoms with Gasteiger partial charge in [-0.05, 0) is 37.9 Å². The number of hydrogen-bond donors (Lipinski definition) is 0. The quantitative estimate of drug-likeness (QED) is 0.467. The average molecular weight is 376 g/mol. The van der Waals surface area contributed by atoms with Gasteiger partial charge in [0.1, 0.15) is 0 Å². The molecular formula is C9H4Br2N4O3. The monoisotopic (exact) mass is 374 g/mol. The van der Waals surface area contributed by atoms with Crippen LogP contribution in [0.15, 0.2) is 27.4 Å². The summed E-state index contributed by atoms with van der Waals surface area (Å²) >= 11 is 6.32. The molecule has 1 aromatic carbocycles. The molecule has 0 unspecified atom stereocenters. The lowest BCUT2D eigenvalue weighted by Gasteiger charge is -2.02. The van der Waals surface area contributed by atoms with Crippen molar-refractivity contribution < 1.29 is 9.72 Å². The molecule has 0 bridgehead atoms. The van der Waals surface area contributed by atoms with Crippen LogP contribution in [0, 0.1) is 10.1 Å². The molecule has 0 aliphatic rings. The number of rotatable bonds is 3. The maximum atomic E-state index is 11.0. The number of non-ortho nitro benzene ring substituents is 1. The molecule has 92 valence electrons. The summed E-state index contributed by atoms with van der Waals surface area (Å²) in [5.74, 6) is 0. The van der Waals surface area contributed by atoms with E-state index in [1.165, 1.54) is 23.0 Å². The fraction of sp³-hybridized carbons (Fsp3) is 0. The number of hydrogen-bond acceptors (Lipinski definition) is 5. The molecule has 18 heavy (non-hydrogen) atoms. The average Bonchev–Trinajstić information content (AvgIpc) is 2.68. The Labute approximate surface area is 117 Å². The van der Waals surface area contributed by atoms with Gasteiger partial charge >= 0.3 is 0 Å². The molecule has 7 nitrogen and oxygen atoms in total. The summed E-state index contributed by atoms with van der Waals surface area (Å²) in [5, 5.41) is 18.6. The van der Waals surface area contributed by atoms with E-state index in [1.54, 1.807) is 0 Å². The summed E-state index contributed by atoms with van der Waals surface area (Å²) in [6.45, 7) is 0. The first kappa shape index (κ1) is 12.8. The van der Waals surface area contributed by atoms with Crippen molar-refractivity contribution in [2.24, 2.45) is 0 Å². The molecule has 0 saturated carbocycles. The summed E-state index contributed by atoms with van der Waals surface area (Å²) < 4.78 is 0.940. The van der Waals surface area contributed by atoms with Crippen LogP contribution in [0.1, 0.15) is 10.4 Å². The lowest BCUT2D eigenvalue weighted by molar-refractivity contribution is -0.384. The van der Waals surface area contributed by atoms with Crippen LogP contribution in [0.3, 0.4) is 0 Å². The Balaban J connectivity index is 2.57. The van der Waals surface area contributed by atoms with E-state index >= 15 is 0 Å². The molecule has 0 N–H and O–H groups in total. The van der Waals surface area contributed by atoms with E-state index in [4.69, 9.17) is 0 Å². The van der Waals surface area contributed by atoms with Crippen molar-refractivity contribution in [3.63, 3.8) is 0 Å². The maximum Gasteiger partial charge on any atom is 0.270 e. The van der Waals surface area contributed by atoms with Crippen molar-refractivity contribution in [3.05, 3.63) is 43.1 Å². The maximum absolute atomic E-state index is 11.0. The zero-order chi connectivity index (χ0) is 13.3. The van der Waals surface area contributed by atoms with Gasteiger partial charge in [0, 0.05) is 17.7 Å². The van der Waals surface area contributed by atoms with E-state index < -0.39 is 4.92 Å². The number of carbonyl (C=O) groups excluding carboxylic acids is 1. The van der Waals surface area contributed by atoms with Crippen LogP contribution in [0.4, 0.5) is 5.69 Å². The smallest absolute Gasteiger partial charge is 0.270 e. The molecule has 0 aliphatic heterocycles. The number of halogens is 2. The summed E-state index contributed by atoms with van der Waals surface area (Å²) in [4.78, 5) is 22.2. The highest BCUT2D eigenvalue weighted by Gasteiger charge is 2.14. The Kier molecular flexibility index (Phi) is 3.53. The third-order valence-corrected chi connectivity index (χ3v) is 3.70. The number of nitrogens with zero attached hydrogens (tertiary/aromatic N) is 4. The molecule has 0 spiro atoms. The molecule has 0 fully saturated rings. The van der Waals surface area contributed by atoms with E-state index in [0.29, 0.717) is 21.2 Å². The Morgan fingerprint density at radius 3 is 2.39 bits per heavy atom. The molecular weight excluding hydrogens is 372 g/mol. The summed E-state index contributed by atoms with van der Waals surface area (Å²) in [6.07, 6.45) is 0.521. The van der Waals surface area contributed by atoms with Crippen LogP contribution in [-0.4, -0.2) is 26.2 Å². The highest BCUT2D eigenvalue weighted by molar-refractivity contribution is 9.13. The van der Waals surface area contributed by atoms with Crippen LogP contribution in [-0.2, 0) is 0 Å². The van der Waals surface area contributed by atoms with Gasteiger partial charge in [0.25, 0.3) is 5.69 Å². The predicted octanol–water partition coefficient (Wildman–Crippen LogP) is 2.51.